The molecule has 0 saturated heterocycles. The fraction of sp³-hybridized carbons (Fsp3) is 0.938. The van der Waals surface area contributed by atoms with Crippen LogP contribution in [0, 0.1) is 23.2 Å². The summed E-state index contributed by atoms with van der Waals surface area (Å²) < 4.78 is 124. The van der Waals surface area contributed by atoms with Crippen LogP contribution in [0.5, 0.6) is 0 Å². The smallest absolute Gasteiger partial charge is 0.352 e. The Morgan fingerprint density at radius 1 is 0.933 bits per heavy atom. The van der Waals surface area contributed by atoms with Crippen LogP contribution in [0.3, 0.4) is 0 Å². The molecule has 2 saturated carbocycles. The molecule has 2 bridgehead atoms. The van der Waals surface area contributed by atoms with E-state index in [4.69, 9.17) is 0 Å². The number of hydrogen-bond donors (Lipinski definition) is 1. The predicted molar refractivity (Wildman–Crippen MR) is 94.1 cm³/mol. The number of rotatable bonds is 6. The number of alkyl halides is 6. The number of amides is 1. The molecule has 1 amide bonds. The van der Waals surface area contributed by atoms with Gasteiger partial charge in [-0.1, -0.05) is 20.8 Å². The maximum absolute atomic E-state index is 13.2. The first-order chi connectivity index (χ1) is 13.3. The summed E-state index contributed by atoms with van der Waals surface area (Å²) in [6, 6.07) is -1.43. The standard InChI is InChI=1S/C16H23F6NO5S2/c1-4-14(2,3)13(24)23-11-9-6-5-8(7-9)10(11)12(29(25,26)15(17,18)19)30(27,28)16(20,21)22/h8-12H,4-7H2,1-3H3,(H,23,24). The van der Waals surface area contributed by atoms with Gasteiger partial charge in [-0.05, 0) is 37.5 Å². The number of sulfone groups is 2. The van der Waals surface area contributed by atoms with Crippen molar-refractivity contribution in [2.45, 2.75) is 68.1 Å². The molecule has 2 fully saturated rings. The Morgan fingerprint density at radius 2 is 1.37 bits per heavy atom. The Kier molecular flexibility index (Phi) is 6.32. The van der Waals surface area contributed by atoms with E-state index in [2.05, 4.69) is 5.32 Å². The third-order valence-electron chi connectivity index (χ3n) is 6.35. The molecule has 176 valence electrons. The molecule has 0 aromatic rings. The van der Waals surface area contributed by atoms with Gasteiger partial charge in [0.1, 0.15) is 0 Å². The zero-order valence-electron chi connectivity index (χ0n) is 16.3. The molecule has 0 radical (unpaired) electrons. The molecule has 2 aliphatic carbocycles. The monoisotopic (exact) mass is 487 g/mol. The van der Waals surface area contributed by atoms with Gasteiger partial charge in [0.2, 0.25) is 5.91 Å². The minimum Gasteiger partial charge on any atom is -0.352 e. The molecule has 1 N–H and O–H groups in total. The maximum atomic E-state index is 13.2. The molecule has 14 heteroatoms. The van der Waals surface area contributed by atoms with Crippen molar-refractivity contribution in [3.05, 3.63) is 0 Å². The highest BCUT2D eigenvalue weighted by Gasteiger charge is 2.69. The zero-order chi connectivity index (χ0) is 23.5. The zero-order valence-corrected chi connectivity index (χ0v) is 18.0. The number of halogens is 6. The molecule has 0 heterocycles. The lowest BCUT2D eigenvalue weighted by atomic mass is 9.83. The third-order valence-corrected chi connectivity index (χ3v) is 11.0. The Labute approximate surface area is 170 Å². The summed E-state index contributed by atoms with van der Waals surface area (Å²) >= 11 is 0. The molecule has 0 aromatic heterocycles. The minimum absolute atomic E-state index is 0.0411. The highest BCUT2D eigenvalue weighted by atomic mass is 32.3. The van der Waals surface area contributed by atoms with Gasteiger partial charge in [-0.3, -0.25) is 4.79 Å². The average molecular weight is 487 g/mol. The fourth-order valence-corrected chi connectivity index (χ4v) is 8.42. The van der Waals surface area contributed by atoms with Gasteiger partial charge in [-0.25, -0.2) is 16.8 Å². The molecule has 0 spiro atoms. The SMILES string of the molecule is CCC(C)(C)C(=O)NC1C2CCC(C2)C1C(S(=O)(=O)C(F)(F)F)S(=O)(=O)C(F)(F)F. The van der Waals surface area contributed by atoms with E-state index in [1.807, 2.05) is 0 Å². The van der Waals surface area contributed by atoms with E-state index in [1.165, 1.54) is 13.8 Å². The van der Waals surface area contributed by atoms with Gasteiger partial charge in [0.25, 0.3) is 19.7 Å². The van der Waals surface area contributed by atoms with E-state index >= 15 is 0 Å². The highest BCUT2D eigenvalue weighted by Crippen LogP contribution is 2.54. The first-order valence-corrected chi connectivity index (χ1v) is 12.3. The van der Waals surface area contributed by atoms with Crippen molar-refractivity contribution in [1.29, 1.82) is 0 Å². The quantitative estimate of drug-likeness (QED) is 0.581. The van der Waals surface area contributed by atoms with E-state index < -0.39 is 70.4 Å². The average Bonchev–Trinajstić information content (AvgIpc) is 3.15. The van der Waals surface area contributed by atoms with Crippen LogP contribution in [0.1, 0.15) is 46.5 Å². The van der Waals surface area contributed by atoms with Crippen LogP contribution in [-0.2, 0) is 24.5 Å². The Bertz CT molecular complexity index is 850. The van der Waals surface area contributed by atoms with Crippen molar-refractivity contribution in [1.82, 2.24) is 5.32 Å². The number of fused-ring (bicyclic) bond motifs is 2. The topological polar surface area (TPSA) is 97.4 Å². The van der Waals surface area contributed by atoms with Gasteiger partial charge in [0, 0.05) is 17.4 Å². The van der Waals surface area contributed by atoms with Crippen LogP contribution in [0.4, 0.5) is 26.3 Å². The maximum Gasteiger partial charge on any atom is 0.498 e. The van der Waals surface area contributed by atoms with Crippen LogP contribution >= 0.6 is 0 Å². The van der Waals surface area contributed by atoms with Crippen molar-refractivity contribution in [2.75, 3.05) is 0 Å². The predicted octanol–water partition coefficient (Wildman–Crippen LogP) is 3.15. The van der Waals surface area contributed by atoms with Crippen LogP contribution in [0.15, 0.2) is 0 Å². The third kappa shape index (κ3) is 4.05. The van der Waals surface area contributed by atoms with Crippen LogP contribution < -0.4 is 5.32 Å². The lowest BCUT2D eigenvalue weighted by molar-refractivity contribution is -0.131. The molecule has 30 heavy (non-hydrogen) atoms. The molecular formula is C16H23F6NO5S2. The van der Waals surface area contributed by atoms with Crippen molar-refractivity contribution in [3.63, 3.8) is 0 Å². The summed E-state index contributed by atoms with van der Waals surface area (Å²) in [5.41, 5.74) is -13.5. The molecule has 2 aliphatic rings. The highest BCUT2D eigenvalue weighted by molar-refractivity contribution is 8.09. The van der Waals surface area contributed by atoms with Gasteiger partial charge in [-0.15, -0.1) is 0 Å². The second kappa shape index (κ2) is 7.52. The van der Waals surface area contributed by atoms with Crippen LogP contribution in [0.25, 0.3) is 0 Å². The Hall–Kier alpha value is -1.05. The molecule has 0 aromatic carbocycles. The molecule has 2 rings (SSSR count). The van der Waals surface area contributed by atoms with Gasteiger partial charge in [-0.2, -0.15) is 26.3 Å². The number of nitrogens with one attached hydrogen (secondary N) is 1. The summed E-state index contributed by atoms with van der Waals surface area (Å²) in [6.45, 7) is 4.64. The molecule has 6 nitrogen and oxygen atoms in total. The lowest BCUT2D eigenvalue weighted by Gasteiger charge is -2.38. The summed E-state index contributed by atoms with van der Waals surface area (Å²) in [4.78, 5) is 12.5. The molecule has 0 aliphatic heterocycles. The van der Waals surface area contributed by atoms with Crippen molar-refractivity contribution in [3.8, 4) is 0 Å². The first-order valence-electron chi connectivity index (χ1n) is 9.20. The van der Waals surface area contributed by atoms with E-state index in [-0.39, 0.29) is 19.3 Å². The number of carbonyl (C=O) groups is 1. The minimum atomic E-state index is -6.75. The van der Waals surface area contributed by atoms with Gasteiger partial charge < -0.3 is 5.32 Å². The van der Waals surface area contributed by atoms with E-state index in [0.29, 0.717) is 6.42 Å². The summed E-state index contributed by atoms with van der Waals surface area (Å²) in [7, 11) is -13.5. The molecule has 4 unspecified atom stereocenters. The van der Waals surface area contributed by atoms with Gasteiger partial charge >= 0.3 is 11.0 Å². The normalized spacial score (nSPS) is 28.2. The lowest BCUT2D eigenvalue weighted by Crippen LogP contribution is -2.57. The number of hydrogen-bond acceptors (Lipinski definition) is 5. The van der Waals surface area contributed by atoms with Gasteiger partial charge in [0.05, 0.1) is 0 Å². The second-order valence-electron chi connectivity index (χ2n) is 8.50. The van der Waals surface area contributed by atoms with Crippen molar-refractivity contribution < 1.29 is 48.0 Å². The van der Waals surface area contributed by atoms with E-state index in [9.17, 15) is 48.0 Å². The fourth-order valence-electron chi connectivity index (χ4n) is 4.29. The van der Waals surface area contributed by atoms with Crippen LogP contribution in [-0.4, -0.2) is 44.4 Å². The molecular weight excluding hydrogens is 464 g/mol. The molecule has 4 atom stereocenters. The van der Waals surface area contributed by atoms with Crippen molar-refractivity contribution in [2.24, 2.45) is 23.2 Å². The van der Waals surface area contributed by atoms with Gasteiger partial charge in [0.15, 0.2) is 4.58 Å². The van der Waals surface area contributed by atoms with Crippen LogP contribution in [0.2, 0.25) is 0 Å². The largest absolute Gasteiger partial charge is 0.498 e. The summed E-state index contributed by atoms with van der Waals surface area (Å²) in [6.07, 6.45) is 0.745. The van der Waals surface area contributed by atoms with Crippen molar-refractivity contribution >= 4 is 25.6 Å². The van der Waals surface area contributed by atoms with E-state index in [0.717, 1.165) is 0 Å². The Balaban J connectivity index is 2.63. The first kappa shape index (κ1) is 25.2. The van der Waals surface area contributed by atoms with E-state index in [1.54, 1.807) is 6.92 Å². The number of carbonyl (C=O) groups excluding carboxylic acids is 1. The Morgan fingerprint density at radius 3 is 1.77 bits per heavy atom. The summed E-state index contributed by atoms with van der Waals surface area (Å²) in [5.74, 6) is -4.37. The second-order valence-corrected chi connectivity index (χ2v) is 12.9. The summed E-state index contributed by atoms with van der Waals surface area (Å²) in [5, 5.41) is 2.38.